The molecule has 3 N–H and O–H groups in total. The van der Waals surface area contributed by atoms with Crippen LogP contribution in [0.4, 0.5) is 8.78 Å². The molecular formula is C12H19F2N3O2S. The molecule has 0 aliphatic carbocycles. The fourth-order valence-electron chi connectivity index (χ4n) is 1.84. The van der Waals surface area contributed by atoms with Gasteiger partial charge in [-0.15, -0.1) is 0 Å². The van der Waals surface area contributed by atoms with Crippen molar-refractivity contribution < 1.29 is 17.2 Å². The molecule has 0 amide bonds. The fraction of sp³-hybridized carbons (Fsp3) is 0.500. The molecule has 0 heterocycles. The Labute approximate surface area is 117 Å². The molecule has 0 aliphatic rings. The maximum absolute atomic E-state index is 13.7. The van der Waals surface area contributed by atoms with Crippen molar-refractivity contribution in [3.05, 3.63) is 29.3 Å². The maximum Gasteiger partial charge on any atom is 0.243 e. The number of hydrogen-bond acceptors (Lipinski definition) is 4. The van der Waals surface area contributed by atoms with Crippen LogP contribution in [-0.2, 0) is 16.6 Å². The molecule has 0 spiro atoms. The van der Waals surface area contributed by atoms with Crippen molar-refractivity contribution in [2.75, 3.05) is 20.6 Å². The molecule has 0 aromatic heterocycles. The van der Waals surface area contributed by atoms with Crippen LogP contribution in [0.3, 0.4) is 0 Å². The summed E-state index contributed by atoms with van der Waals surface area (Å²) in [6.07, 6.45) is 0. The van der Waals surface area contributed by atoms with E-state index >= 15 is 0 Å². The van der Waals surface area contributed by atoms with Gasteiger partial charge in [0.15, 0.2) is 11.6 Å². The SMILES string of the molecule is CC(CN(C)C)NS(=O)(=O)c1cc(CN)cc(F)c1F. The molecule has 0 saturated heterocycles. The van der Waals surface area contributed by atoms with Crippen molar-refractivity contribution in [1.29, 1.82) is 0 Å². The number of nitrogens with two attached hydrogens (primary N) is 1. The number of benzene rings is 1. The van der Waals surface area contributed by atoms with Gasteiger partial charge in [0.1, 0.15) is 4.90 Å². The first-order chi connectivity index (χ1) is 9.17. The highest BCUT2D eigenvalue weighted by molar-refractivity contribution is 7.89. The van der Waals surface area contributed by atoms with Crippen LogP contribution in [-0.4, -0.2) is 40.0 Å². The zero-order valence-corrected chi connectivity index (χ0v) is 12.5. The number of likely N-dealkylation sites (N-methyl/N-ethyl adjacent to an activating group) is 1. The minimum atomic E-state index is -4.14. The number of sulfonamides is 1. The number of nitrogens with zero attached hydrogens (tertiary/aromatic N) is 1. The molecule has 1 aromatic rings. The van der Waals surface area contributed by atoms with Crippen molar-refractivity contribution in [1.82, 2.24) is 9.62 Å². The van der Waals surface area contributed by atoms with E-state index in [1.165, 1.54) is 0 Å². The lowest BCUT2D eigenvalue weighted by atomic mass is 10.2. The van der Waals surface area contributed by atoms with E-state index in [1.54, 1.807) is 25.9 Å². The van der Waals surface area contributed by atoms with Gasteiger partial charge in [-0.3, -0.25) is 0 Å². The van der Waals surface area contributed by atoms with Crippen LogP contribution in [0.15, 0.2) is 17.0 Å². The molecule has 5 nitrogen and oxygen atoms in total. The number of nitrogens with one attached hydrogen (secondary N) is 1. The summed E-state index contributed by atoms with van der Waals surface area (Å²) >= 11 is 0. The lowest BCUT2D eigenvalue weighted by Gasteiger charge is -2.18. The van der Waals surface area contributed by atoms with E-state index < -0.39 is 32.6 Å². The monoisotopic (exact) mass is 307 g/mol. The summed E-state index contributed by atoms with van der Waals surface area (Å²) in [5.41, 5.74) is 5.55. The van der Waals surface area contributed by atoms with Crippen molar-refractivity contribution in [3.63, 3.8) is 0 Å². The number of hydrogen-bond donors (Lipinski definition) is 2. The van der Waals surface area contributed by atoms with E-state index in [4.69, 9.17) is 5.73 Å². The van der Waals surface area contributed by atoms with Gasteiger partial charge >= 0.3 is 0 Å². The third-order valence-electron chi connectivity index (χ3n) is 2.58. The predicted octanol–water partition coefficient (Wildman–Crippen LogP) is 0.652. The van der Waals surface area contributed by atoms with Gasteiger partial charge in [-0.05, 0) is 38.7 Å². The third kappa shape index (κ3) is 4.20. The molecule has 114 valence electrons. The Morgan fingerprint density at radius 1 is 1.35 bits per heavy atom. The fourth-order valence-corrected chi connectivity index (χ4v) is 3.22. The van der Waals surface area contributed by atoms with E-state index in [-0.39, 0.29) is 12.1 Å². The van der Waals surface area contributed by atoms with Crippen LogP contribution < -0.4 is 10.5 Å². The van der Waals surface area contributed by atoms with E-state index in [2.05, 4.69) is 4.72 Å². The summed E-state index contributed by atoms with van der Waals surface area (Å²) in [5.74, 6) is -2.62. The van der Waals surface area contributed by atoms with E-state index in [0.29, 0.717) is 6.54 Å². The third-order valence-corrected chi connectivity index (χ3v) is 4.16. The molecule has 0 fully saturated rings. The summed E-state index contributed by atoms with van der Waals surface area (Å²) in [5, 5.41) is 0. The van der Waals surface area contributed by atoms with Gasteiger partial charge in [-0.2, -0.15) is 0 Å². The van der Waals surface area contributed by atoms with Crippen LogP contribution in [0, 0.1) is 11.6 Å². The molecule has 0 bridgehead atoms. The Morgan fingerprint density at radius 2 is 1.95 bits per heavy atom. The van der Waals surface area contributed by atoms with Crippen LogP contribution in [0.5, 0.6) is 0 Å². The Kier molecular flexibility index (Phi) is 5.58. The van der Waals surface area contributed by atoms with Gasteiger partial charge in [0.05, 0.1) is 0 Å². The Hall–Kier alpha value is -1.09. The second kappa shape index (κ2) is 6.57. The normalized spacial score (nSPS) is 13.8. The quantitative estimate of drug-likeness (QED) is 0.809. The van der Waals surface area contributed by atoms with Crippen LogP contribution in [0.25, 0.3) is 0 Å². The Morgan fingerprint density at radius 3 is 2.45 bits per heavy atom. The minimum absolute atomic E-state index is 0.0764. The summed E-state index contributed by atoms with van der Waals surface area (Å²) in [7, 11) is -0.582. The largest absolute Gasteiger partial charge is 0.326 e. The predicted molar refractivity (Wildman–Crippen MR) is 72.6 cm³/mol. The highest BCUT2D eigenvalue weighted by atomic mass is 32.2. The zero-order valence-electron chi connectivity index (χ0n) is 11.7. The Bertz CT molecular complexity index is 576. The number of halogens is 2. The summed E-state index contributed by atoms with van der Waals surface area (Å²) in [4.78, 5) is 1.06. The van der Waals surface area contributed by atoms with Crippen molar-refractivity contribution in [3.8, 4) is 0 Å². The van der Waals surface area contributed by atoms with Gasteiger partial charge in [-0.25, -0.2) is 21.9 Å². The first-order valence-electron chi connectivity index (χ1n) is 6.02. The maximum atomic E-state index is 13.7. The molecule has 0 saturated carbocycles. The highest BCUT2D eigenvalue weighted by Crippen LogP contribution is 2.20. The summed E-state index contributed by atoms with van der Waals surface area (Å²) in [6, 6.07) is 1.49. The topological polar surface area (TPSA) is 75.4 Å². The number of rotatable bonds is 6. The molecular weight excluding hydrogens is 288 g/mol. The summed E-state index contributed by atoms with van der Waals surface area (Å²) in [6.45, 7) is 1.99. The molecule has 1 aromatic carbocycles. The van der Waals surface area contributed by atoms with Crippen molar-refractivity contribution in [2.45, 2.75) is 24.4 Å². The molecule has 1 atom stereocenters. The van der Waals surface area contributed by atoms with Crippen molar-refractivity contribution in [2.24, 2.45) is 5.73 Å². The molecule has 1 rings (SSSR count). The first-order valence-corrected chi connectivity index (χ1v) is 7.50. The summed E-state index contributed by atoms with van der Waals surface area (Å²) < 4.78 is 53.5. The molecule has 20 heavy (non-hydrogen) atoms. The average Bonchev–Trinajstić information content (AvgIpc) is 2.30. The highest BCUT2D eigenvalue weighted by Gasteiger charge is 2.24. The Balaban J connectivity index is 3.12. The first kappa shape index (κ1) is 17.0. The zero-order chi connectivity index (χ0) is 15.5. The van der Waals surface area contributed by atoms with Gasteiger partial charge in [0.25, 0.3) is 0 Å². The molecule has 0 radical (unpaired) electrons. The van der Waals surface area contributed by atoms with E-state index in [1.807, 2.05) is 0 Å². The van der Waals surface area contributed by atoms with E-state index in [9.17, 15) is 17.2 Å². The van der Waals surface area contributed by atoms with Crippen molar-refractivity contribution >= 4 is 10.0 Å². The molecule has 0 aliphatic heterocycles. The van der Waals surface area contributed by atoms with Gasteiger partial charge in [0.2, 0.25) is 10.0 Å². The second-order valence-electron chi connectivity index (χ2n) is 4.88. The van der Waals surface area contributed by atoms with Crippen LogP contribution >= 0.6 is 0 Å². The van der Waals surface area contributed by atoms with Crippen LogP contribution in [0.1, 0.15) is 12.5 Å². The van der Waals surface area contributed by atoms with Gasteiger partial charge < -0.3 is 10.6 Å². The smallest absolute Gasteiger partial charge is 0.243 e. The van der Waals surface area contributed by atoms with Gasteiger partial charge in [0, 0.05) is 19.1 Å². The minimum Gasteiger partial charge on any atom is -0.326 e. The molecule has 8 heteroatoms. The lowest BCUT2D eigenvalue weighted by Crippen LogP contribution is -2.39. The standard InChI is InChI=1S/C12H19F2N3O2S/c1-8(7-17(2)3)16-20(18,19)11-5-9(6-15)4-10(13)12(11)14/h4-5,8,16H,6-7,15H2,1-3H3. The molecule has 1 unspecified atom stereocenters. The van der Waals surface area contributed by atoms with Crippen LogP contribution in [0.2, 0.25) is 0 Å². The second-order valence-corrected chi connectivity index (χ2v) is 6.56. The van der Waals surface area contributed by atoms with Gasteiger partial charge in [-0.1, -0.05) is 0 Å². The lowest BCUT2D eigenvalue weighted by molar-refractivity contribution is 0.370. The van der Waals surface area contributed by atoms with E-state index in [0.717, 1.165) is 12.1 Å². The average molecular weight is 307 g/mol.